The number of hydrogen-bond acceptors (Lipinski definition) is 4. The molecule has 1 fully saturated rings. The molecule has 1 atom stereocenters. The standard InChI is InChI=1S/C26H35F2N4OP/c1-4-8-19(3)25-30-23(29-15-17-31(16-5-2)21-9-6-7-10-21)18-24(33)32(25)22-13-11-20(12-14-22)26(27,28)34/h4,8,11-14,18,21,29H,1,5-7,9-10,15-17,34H2,2-3H3/b19-8+. The normalized spacial score (nSPS) is 15.2. The van der Waals surface area contributed by atoms with E-state index in [-0.39, 0.29) is 11.1 Å². The van der Waals surface area contributed by atoms with Crippen LogP contribution in [0.25, 0.3) is 11.3 Å². The van der Waals surface area contributed by atoms with E-state index in [1.54, 1.807) is 12.2 Å². The SMILES string of the molecule is C=C/C=C(\C)c1nc(NCCN(CCC)C2CCCC2)cc(=O)n1-c1ccc(C(F)(F)P)cc1. The van der Waals surface area contributed by atoms with Crippen molar-refractivity contribution < 1.29 is 8.78 Å². The van der Waals surface area contributed by atoms with Crippen LogP contribution >= 0.6 is 9.24 Å². The van der Waals surface area contributed by atoms with Crippen LogP contribution in [0.2, 0.25) is 0 Å². The highest BCUT2D eigenvalue weighted by Gasteiger charge is 2.24. The summed E-state index contributed by atoms with van der Waals surface area (Å²) in [4.78, 5) is 20.4. The maximum Gasteiger partial charge on any atom is 0.283 e. The monoisotopic (exact) mass is 488 g/mol. The van der Waals surface area contributed by atoms with Gasteiger partial charge in [-0.25, -0.2) is 4.98 Å². The number of nitrogens with one attached hydrogen (secondary N) is 1. The van der Waals surface area contributed by atoms with Gasteiger partial charge in [0.2, 0.25) is 0 Å². The Hall–Kier alpha value is -2.37. The second-order valence-electron chi connectivity index (χ2n) is 8.79. The topological polar surface area (TPSA) is 50.2 Å². The maximum atomic E-state index is 13.6. The molecule has 0 radical (unpaired) electrons. The largest absolute Gasteiger partial charge is 0.369 e. The third-order valence-electron chi connectivity index (χ3n) is 6.21. The van der Waals surface area contributed by atoms with Gasteiger partial charge in [-0.1, -0.05) is 59.9 Å². The van der Waals surface area contributed by atoms with E-state index in [0.29, 0.717) is 29.9 Å². The highest BCUT2D eigenvalue weighted by Crippen LogP contribution is 2.35. The molecule has 0 saturated heterocycles. The Labute approximate surface area is 203 Å². The van der Waals surface area contributed by atoms with Crippen LogP contribution < -0.4 is 10.9 Å². The van der Waals surface area contributed by atoms with E-state index in [9.17, 15) is 13.6 Å². The van der Waals surface area contributed by atoms with Crippen LogP contribution in [0.4, 0.5) is 14.6 Å². The van der Waals surface area contributed by atoms with Gasteiger partial charge in [-0.15, -0.1) is 0 Å². The fourth-order valence-electron chi connectivity index (χ4n) is 4.53. The summed E-state index contributed by atoms with van der Waals surface area (Å²) in [6.07, 6.45) is 9.63. The van der Waals surface area contributed by atoms with E-state index in [1.807, 2.05) is 6.92 Å². The number of allylic oxidation sites excluding steroid dienone is 3. The molecule has 184 valence electrons. The van der Waals surface area contributed by atoms with Gasteiger partial charge in [0.05, 0.1) is 5.69 Å². The Bertz CT molecular complexity index is 1050. The Morgan fingerprint density at radius 2 is 1.97 bits per heavy atom. The molecule has 0 amide bonds. The maximum absolute atomic E-state index is 13.6. The van der Waals surface area contributed by atoms with Crippen molar-refractivity contribution in [3.63, 3.8) is 0 Å². The van der Waals surface area contributed by atoms with Crippen molar-refractivity contribution in [3.8, 4) is 5.69 Å². The lowest BCUT2D eigenvalue weighted by Gasteiger charge is -2.28. The molecular formula is C26H35F2N4OP. The second-order valence-corrected chi connectivity index (χ2v) is 9.52. The third-order valence-corrected chi connectivity index (χ3v) is 6.54. The summed E-state index contributed by atoms with van der Waals surface area (Å²) < 4.78 is 28.6. The van der Waals surface area contributed by atoms with E-state index in [2.05, 4.69) is 23.7 Å². The van der Waals surface area contributed by atoms with Crippen molar-refractivity contribution in [2.75, 3.05) is 25.0 Å². The molecule has 0 aliphatic heterocycles. The molecule has 34 heavy (non-hydrogen) atoms. The minimum Gasteiger partial charge on any atom is -0.369 e. The number of aromatic nitrogens is 2. The third kappa shape index (κ3) is 6.61. The molecule has 1 aliphatic rings. The summed E-state index contributed by atoms with van der Waals surface area (Å²) in [5.41, 5.74) is -2.23. The minimum absolute atomic E-state index is 0.139. The molecule has 8 heteroatoms. The van der Waals surface area contributed by atoms with Gasteiger partial charge in [0, 0.05) is 30.8 Å². The van der Waals surface area contributed by atoms with Crippen molar-refractivity contribution >= 4 is 20.6 Å². The molecule has 1 N–H and O–H groups in total. The van der Waals surface area contributed by atoms with Gasteiger partial charge in [-0.3, -0.25) is 14.3 Å². The molecule has 1 aromatic heterocycles. The van der Waals surface area contributed by atoms with Crippen LogP contribution in [0, 0.1) is 0 Å². The van der Waals surface area contributed by atoms with Crippen LogP contribution in [0.15, 0.2) is 53.9 Å². The van der Waals surface area contributed by atoms with Gasteiger partial charge >= 0.3 is 0 Å². The number of rotatable bonds is 11. The fraction of sp³-hybridized carbons (Fsp3) is 0.462. The number of anilines is 1. The highest BCUT2D eigenvalue weighted by molar-refractivity contribution is 7.17. The zero-order valence-electron chi connectivity index (χ0n) is 20.1. The predicted octanol–water partition coefficient (Wildman–Crippen LogP) is 5.81. The lowest BCUT2D eigenvalue weighted by Crippen LogP contribution is -2.37. The summed E-state index contributed by atoms with van der Waals surface area (Å²) in [5, 5.41) is 3.32. The van der Waals surface area contributed by atoms with E-state index in [0.717, 1.165) is 25.1 Å². The first-order valence-corrected chi connectivity index (χ1v) is 12.5. The van der Waals surface area contributed by atoms with Gasteiger partial charge in [-0.2, -0.15) is 8.78 Å². The Morgan fingerprint density at radius 1 is 1.29 bits per heavy atom. The van der Waals surface area contributed by atoms with E-state index in [4.69, 9.17) is 4.98 Å². The lowest BCUT2D eigenvalue weighted by atomic mass is 10.2. The quantitative estimate of drug-likeness (QED) is 0.320. The van der Waals surface area contributed by atoms with Crippen molar-refractivity contribution in [2.24, 2.45) is 0 Å². The van der Waals surface area contributed by atoms with E-state index in [1.165, 1.54) is 69.8 Å². The summed E-state index contributed by atoms with van der Waals surface area (Å²) in [5.74, 6) is 0.950. The summed E-state index contributed by atoms with van der Waals surface area (Å²) in [7, 11) is 1.53. The lowest BCUT2D eigenvalue weighted by molar-refractivity contribution is 0.104. The molecule has 1 unspecified atom stereocenters. The van der Waals surface area contributed by atoms with E-state index >= 15 is 0 Å². The first-order valence-electron chi connectivity index (χ1n) is 11.9. The van der Waals surface area contributed by atoms with Crippen molar-refractivity contribution in [3.05, 3.63) is 70.8 Å². The van der Waals surface area contributed by atoms with Crippen molar-refractivity contribution in [1.82, 2.24) is 14.5 Å². The zero-order valence-corrected chi connectivity index (χ0v) is 21.2. The van der Waals surface area contributed by atoms with Crippen LogP contribution in [0.1, 0.15) is 57.3 Å². The molecule has 0 spiro atoms. The molecular weight excluding hydrogens is 453 g/mol. The number of halogens is 2. The van der Waals surface area contributed by atoms with Gasteiger partial charge in [0.15, 0.2) is 0 Å². The Morgan fingerprint density at radius 3 is 2.56 bits per heavy atom. The van der Waals surface area contributed by atoms with Crippen LogP contribution in [0.5, 0.6) is 0 Å². The van der Waals surface area contributed by atoms with Gasteiger partial charge in [0.25, 0.3) is 11.2 Å². The number of benzene rings is 1. The summed E-state index contributed by atoms with van der Waals surface area (Å²) >= 11 is 0. The highest BCUT2D eigenvalue weighted by atomic mass is 31.0. The molecule has 0 bridgehead atoms. The van der Waals surface area contributed by atoms with Gasteiger partial charge in [-0.05, 0) is 50.4 Å². The van der Waals surface area contributed by atoms with Gasteiger partial charge < -0.3 is 5.32 Å². The Kier molecular flexibility index (Phi) is 9.15. The summed E-state index contributed by atoms with van der Waals surface area (Å²) in [6, 6.07) is 7.78. The molecule has 1 aliphatic carbocycles. The van der Waals surface area contributed by atoms with Gasteiger partial charge in [0.1, 0.15) is 11.6 Å². The number of hydrogen-bond donors (Lipinski definition) is 1. The second kappa shape index (κ2) is 11.9. The average molecular weight is 489 g/mol. The molecule has 1 aromatic carbocycles. The number of alkyl halides is 2. The minimum atomic E-state index is -3.03. The molecule has 3 rings (SSSR count). The fourth-order valence-corrected chi connectivity index (χ4v) is 4.72. The zero-order chi connectivity index (χ0) is 24.7. The number of nitrogens with zero attached hydrogens (tertiary/aromatic N) is 3. The van der Waals surface area contributed by atoms with Crippen molar-refractivity contribution in [1.29, 1.82) is 0 Å². The van der Waals surface area contributed by atoms with E-state index < -0.39 is 5.66 Å². The molecule has 2 aromatic rings. The average Bonchev–Trinajstić information content (AvgIpc) is 3.33. The summed E-state index contributed by atoms with van der Waals surface area (Å²) in [6.45, 7) is 10.4. The molecule has 1 heterocycles. The van der Waals surface area contributed by atoms with Crippen LogP contribution in [0.3, 0.4) is 0 Å². The smallest absolute Gasteiger partial charge is 0.283 e. The van der Waals surface area contributed by atoms with Crippen molar-refractivity contribution in [2.45, 2.75) is 57.7 Å². The first kappa shape index (κ1) is 26.2. The van der Waals surface area contributed by atoms with Crippen LogP contribution in [-0.4, -0.2) is 40.1 Å². The Balaban J connectivity index is 1.86. The van der Waals surface area contributed by atoms with Crippen LogP contribution in [-0.2, 0) is 5.66 Å². The predicted molar refractivity (Wildman–Crippen MR) is 140 cm³/mol. The molecule has 5 nitrogen and oxygen atoms in total. The first-order chi connectivity index (χ1) is 16.2. The molecule has 1 saturated carbocycles.